The van der Waals surface area contributed by atoms with Gasteiger partial charge >= 0.3 is 0 Å². The second-order valence-electron chi connectivity index (χ2n) is 4.38. The van der Waals surface area contributed by atoms with Crippen LogP contribution < -0.4 is 11.2 Å². The lowest BCUT2D eigenvalue weighted by molar-refractivity contribution is -0.0590. The van der Waals surface area contributed by atoms with E-state index in [1.54, 1.807) is 18.2 Å². The number of carbonyl (C=O) groups excluding carboxylic acids is 1. The summed E-state index contributed by atoms with van der Waals surface area (Å²) in [6, 6.07) is 5.03. The fourth-order valence-corrected chi connectivity index (χ4v) is 1.40. The number of carbonyl (C=O) groups is 1. The fourth-order valence-electron chi connectivity index (χ4n) is 0.971. The first kappa shape index (κ1) is 13.0. The third-order valence-electron chi connectivity index (χ3n) is 1.68. The van der Waals surface area contributed by atoms with Crippen LogP contribution in [0.2, 0.25) is 0 Å². The SMILES string of the molecule is CC(C)(C)ONC(=O)c1cc(N)ccc1Br. The highest BCUT2D eigenvalue weighted by Gasteiger charge is 2.15. The molecule has 16 heavy (non-hydrogen) atoms. The fraction of sp³-hybridized carbons (Fsp3) is 0.364. The van der Waals surface area contributed by atoms with Gasteiger partial charge < -0.3 is 5.73 Å². The molecule has 0 aliphatic heterocycles. The van der Waals surface area contributed by atoms with Gasteiger partial charge in [-0.3, -0.25) is 9.63 Å². The molecule has 0 aliphatic carbocycles. The van der Waals surface area contributed by atoms with Crippen LogP contribution in [0.4, 0.5) is 5.69 Å². The molecule has 0 saturated carbocycles. The minimum Gasteiger partial charge on any atom is -0.399 e. The predicted octanol–water partition coefficient (Wildman–Crippen LogP) is 2.49. The zero-order valence-corrected chi connectivity index (χ0v) is 11.1. The number of rotatable bonds is 2. The van der Waals surface area contributed by atoms with E-state index in [1.165, 1.54) is 0 Å². The van der Waals surface area contributed by atoms with Crippen LogP contribution in [-0.4, -0.2) is 11.5 Å². The Morgan fingerprint density at radius 1 is 1.44 bits per heavy atom. The van der Waals surface area contributed by atoms with Crippen molar-refractivity contribution in [2.75, 3.05) is 5.73 Å². The molecule has 0 spiro atoms. The summed E-state index contributed by atoms with van der Waals surface area (Å²) >= 11 is 3.28. The van der Waals surface area contributed by atoms with E-state index in [4.69, 9.17) is 10.6 Å². The molecule has 0 bridgehead atoms. The van der Waals surface area contributed by atoms with Crippen LogP contribution in [0.25, 0.3) is 0 Å². The Balaban J connectivity index is 2.77. The van der Waals surface area contributed by atoms with Crippen LogP contribution in [0, 0.1) is 0 Å². The molecule has 3 N–H and O–H groups in total. The number of nitrogen functional groups attached to an aromatic ring is 1. The second-order valence-corrected chi connectivity index (χ2v) is 5.24. The van der Waals surface area contributed by atoms with Crippen LogP contribution in [0.5, 0.6) is 0 Å². The molecule has 5 heteroatoms. The average molecular weight is 287 g/mol. The van der Waals surface area contributed by atoms with E-state index in [0.29, 0.717) is 15.7 Å². The molecule has 0 heterocycles. The summed E-state index contributed by atoms with van der Waals surface area (Å²) in [6.07, 6.45) is 0. The first-order valence-electron chi connectivity index (χ1n) is 4.83. The van der Waals surface area contributed by atoms with Gasteiger partial charge in [-0.2, -0.15) is 0 Å². The van der Waals surface area contributed by atoms with E-state index in [1.807, 2.05) is 20.8 Å². The molecule has 0 unspecified atom stereocenters. The normalized spacial score (nSPS) is 11.2. The summed E-state index contributed by atoms with van der Waals surface area (Å²) in [7, 11) is 0. The number of hydrogen-bond donors (Lipinski definition) is 2. The molecule has 1 rings (SSSR count). The maximum Gasteiger partial charge on any atom is 0.276 e. The summed E-state index contributed by atoms with van der Waals surface area (Å²) in [6.45, 7) is 5.55. The quantitative estimate of drug-likeness (QED) is 0.649. The Kier molecular flexibility index (Phi) is 3.93. The van der Waals surface area contributed by atoms with E-state index in [9.17, 15) is 4.79 Å². The summed E-state index contributed by atoms with van der Waals surface area (Å²) < 4.78 is 0.678. The van der Waals surface area contributed by atoms with Gasteiger partial charge in [0.15, 0.2) is 0 Å². The molecule has 0 atom stereocenters. The Bertz CT molecular complexity index is 399. The zero-order valence-electron chi connectivity index (χ0n) is 9.50. The highest BCUT2D eigenvalue weighted by atomic mass is 79.9. The van der Waals surface area contributed by atoms with E-state index >= 15 is 0 Å². The molecular formula is C11H15BrN2O2. The minimum atomic E-state index is -0.428. The molecule has 88 valence electrons. The van der Waals surface area contributed by atoms with Gasteiger partial charge in [0.1, 0.15) is 0 Å². The monoisotopic (exact) mass is 286 g/mol. The van der Waals surface area contributed by atoms with Gasteiger partial charge in [-0.25, -0.2) is 5.48 Å². The lowest BCUT2D eigenvalue weighted by Gasteiger charge is -2.19. The van der Waals surface area contributed by atoms with Gasteiger partial charge in [0.25, 0.3) is 5.91 Å². The molecule has 0 radical (unpaired) electrons. The minimum absolute atomic E-state index is 0.325. The molecule has 4 nitrogen and oxygen atoms in total. The number of nitrogens with one attached hydrogen (secondary N) is 1. The summed E-state index contributed by atoms with van der Waals surface area (Å²) in [4.78, 5) is 16.9. The highest BCUT2D eigenvalue weighted by molar-refractivity contribution is 9.10. The van der Waals surface area contributed by atoms with Crippen molar-refractivity contribution in [2.24, 2.45) is 0 Å². The lowest BCUT2D eigenvalue weighted by Crippen LogP contribution is -2.33. The van der Waals surface area contributed by atoms with Crippen molar-refractivity contribution in [1.29, 1.82) is 0 Å². The zero-order chi connectivity index (χ0) is 12.3. The second kappa shape index (κ2) is 4.84. The molecule has 0 saturated heterocycles. The molecular weight excluding hydrogens is 272 g/mol. The van der Waals surface area contributed by atoms with Gasteiger partial charge in [0, 0.05) is 10.2 Å². The number of benzene rings is 1. The van der Waals surface area contributed by atoms with Gasteiger partial charge in [0.2, 0.25) is 0 Å². The van der Waals surface area contributed by atoms with Crippen molar-refractivity contribution >= 4 is 27.5 Å². The van der Waals surface area contributed by atoms with Crippen molar-refractivity contribution in [1.82, 2.24) is 5.48 Å². The number of nitrogens with two attached hydrogens (primary N) is 1. The maximum atomic E-state index is 11.7. The van der Waals surface area contributed by atoms with E-state index in [-0.39, 0.29) is 5.91 Å². The Hall–Kier alpha value is -1.07. The first-order chi connectivity index (χ1) is 7.29. The van der Waals surface area contributed by atoms with Crippen molar-refractivity contribution in [3.8, 4) is 0 Å². The molecule has 0 fully saturated rings. The van der Waals surface area contributed by atoms with Crippen LogP contribution in [-0.2, 0) is 4.84 Å². The van der Waals surface area contributed by atoms with E-state index in [2.05, 4.69) is 21.4 Å². The molecule has 0 aromatic heterocycles. The lowest BCUT2D eigenvalue weighted by atomic mass is 10.2. The molecule has 1 aromatic carbocycles. The average Bonchev–Trinajstić information content (AvgIpc) is 2.17. The van der Waals surface area contributed by atoms with Gasteiger partial charge in [-0.1, -0.05) is 0 Å². The van der Waals surface area contributed by atoms with Gasteiger partial charge in [-0.05, 0) is 54.9 Å². The van der Waals surface area contributed by atoms with Crippen LogP contribution in [0.3, 0.4) is 0 Å². The molecule has 1 amide bonds. The summed E-state index contributed by atoms with van der Waals surface area (Å²) in [5.74, 6) is -0.325. The number of halogens is 1. The van der Waals surface area contributed by atoms with Crippen molar-refractivity contribution in [2.45, 2.75) is 26.4 Å². The number of anilines is 1. The summed E-state index contributed by atoms with van der Waals surface area (Å²) in [5.41, 5.74) is 8.54. The van der Waals surface area contributed by atoms with Crippen molar-refractivity contribution in [3.63, 3.8) is 0 Å². The third-order valence-corrected chi connectivity index (χ3v) is 2.38. The van der Waals surface area contributed by atoms with Crippen molar-refractivity contribution in [3.05, 3.63) is 28.2 Å². The number of amides is 1. The van der Waals surface area contributed by atoms with Crippen LogP contribution in [0.1, 0.15) is 31.1 Å². The maximum absolute atomic E-state index is 11.7. The van der Waals surface area contributed by atoms with E-state index in [0.717, 1.165) is 0 Å². The summed E-state index contributed by atoms with van der Waals surface area (Å²) in [5, 5.41) is 0. The molecule has 0 aliphatic rings. The van der Waals surface area contributed by atoms with Gasteiger partial charge in [0.05, 0.1) is 11.2 Å². The smallest absolute Gasteiger partial charge is 0.276 e. The van der Waals surface area contributed by atoms with Crippen LogP contribution in [0.15, 0.2) is 22.7 Å². The van der Waals surface area contributed by atoms with Crippen LogP contribution >= 0.6 is 15.9 Å². The largest absolute Gasteiger partial charge is 0.399 e. The van der Waals surface area contributed by atoms with Gasteiger partial charge in [-0.15, -0.1) is 0 Å². The van der Waals surface area contributed by atoms with Crippen molar-refractivity contribution < 1.29 is 9.63 Å². The highest BCUT2D eigenvalue weighted by Crippen LogP contribution is 2.19. The standard InChI is InChI=1S/C11H15BrN2O2/c1-11(2,3)16-14-10(15)8-6-7(13)4-5-9(8)12/h4-6H,13H2,1-3H3,(H,14,15). The topological polar surface area (TPSA) is 64.3 Å². The predicted molar refractivity (Wildman–Crippen MR) is 66.9 cm³/mol. The Labute approximate surface area is 103 Å². The number of hydrogen-bond acceptors (Lipinski definition) is 3. The Morgan fingerprint density at radius 2 is 2.06 bits per heavy atom. The number of hydroxylamine groups is 1. The first-order valence-corrected chi connectivity index (χ1v) is 5.62. The molecule has 1 aromatic rings. The third kappa shape index (κ3) is 3.83. The Morgan fingerprint density at radius 3 is 2.62 bits per heavy atom. The van der Waals surface area contributed by atoms with E-state index < -0.39 is 5.60 Å².